The van der Waals surface area contributed by atoms with Gasteiger partial charge in [0.2, 0.25) is 5.91 Å². The molecule has 2 rings (SSSR count). The molecule has 5 nitrogen and oxygen atoms in total. The van der Waals surface area contributed by atoms with Crippen molar-refractivity contribution in [1.82, 2.24) is 16.2 Å². The van der Waals surface area contributed by atoms with Crippen molar-refractivity contribution in [1.29, 1.82) is 0 Å². The van der Waals surface area contributed by atoms with E-state index in [1.807, 2.05) is 24.3 Å². The van der Waals surface area contributed by atoms with Crippen LogP contribution in [0.25, 0.3) is 6.08 Å². The average molecular weight is 374 g/mol. The summed E-state index contributed by atoms with van der Waals surface area (Å²) < 4.78 is 0. The fourth-order valence-corrected chi connectivity index (χ4v) is 2.70. The minimum atomic E-state index is -0.379. The molecular formula is C18H19N3O2S2. The fraction of sp³-hybridized carbons (Fsp3) is 0.167. The molecule has 0 bridgehead atoms. The van der Waals surface area contributed by atoms with E-state index < -0.39 is 0 Å². The molecule has 130 valence electrons. The maximum Gasteiger partial charge on any atom is 0.279 e. The van der Waals surface area contributed by atoms with Crippen LogP contribution >= 0.6 is 23.6 Å². The van der Waals surface area contributed by atoms with E-state index in [1.54, 1.807) is 23.6 Å². The van der Waals surface area contributed by atoms with Crippen LogP contribution in [0.3, 0.4) is 0 Å². The number of hydrogen-bond donors (Lipinski definition) is 3. The maximum absolute atomic E-state index is 11.8. The number of rotatable bonds is 4. The molecule has 1 aromatic carbocycles. The Bertz CT molecular complexity index is 766. The standard InChI is InChI=1S/C18H19N3O2S2/c1-12(2)14-8-5-13(6-9-14)7-10-16(22)19-18(24)21-20-17(23)15-4-3-11-25-15/h3-12H,1-2H3,(H,20,23)(H2,19,21,22,24). The summed E-state index contributed by atoms with van der Waals surface area (Å²) in [7, 11) is 0. The Labute approximate surface area is 156 Å². The molecule has 7 heteroatoms. The first-order valence-electron chi connectivity index (χ1n) is 7.68. The first kappa shape index (κ1) is 18.8. The molecule has 0 aliphatic rings. The number of carbonyl (C=O) groups is 2. The molecular weight excluding hydrogens is 354 g/mol. The summed E-state index contributed by atoms with van der Waals surface area (Å²) in [5.41, 5.74) is 7.08. The fourth-order valence-electron chi connectivity index (χ4n) is 1.93. The third-order valence-corrected chi connectivity index (χ3v) is 4.37. The largest absolute Gasteiger partial charge is 0.298 e. The van der Waals surface area contributed by atoms with Crippen LogP contribution in [0.15, 0.2) is 47.9 Å². The predicted octanol–water partition coefficient (Wildman–Crippen LogP) is 3.22. The highest BCUT2D eigenvalue weighted by Gasteiger charge is 2.07. The van der Waals surface area contributed by atoms with E-state index in [0.717, 1.165) is 5.56 Å². The normalized spacial score (nSPS) is 10.7. The smallest absolute Gasteiger partial charge is 0.279 e. The van der Waals surface area contributed by atoms with Gasteiger partial charge in [-0.3, -0.25) is 25.8 Å². The molecule has 0 aliphatic heterocycles. The lowest BCUT2D eigenvalue weighted by molar-refractivity contribution is -0.115. The number of hydrogen-bond acceptors (Lipinski definition) is 4. The molecule has 0 fully saturated rings. The van der Waals surface area contributed by atoms with Crippen molar-refractivity contribution >= 4 is 46.6 Å². The van der Waals surface area contributed by atoms with Crippen molar-refractivity contribution < 1.29 is 9.59 Å². The van der Waals surface area contributed by atoms with Gasteiger partial charge in [-0.05, 0) is 46.8 Å². The number of amides is 2. The molecule has 2 aromatic rings. The molecule has 1 heterocycles. The van der Waals surface area contributed by atoms with Crippen LogP contribution in [-0.2, 0) is 4.79 Å². The van der Waals surface area contributed by atoms with Crippen LogP contribution in [0.4, 0.5) is 0 Å². The molecule has 0 radical (unpaired) electrons. The van der Waals surface area contributed by atoms with Crippen molar-refractivity contribution in [2.24, 2.45) is 0 Å². The van der Waals surface area contributed by atoms with Crippen LogP contribution in [0.2, 0.25) is 0 Å². The molecule has 0 saturated carbocycles. The van der Waals surface area contributed by atoms with Gasteiger partial charge < -0.3 is 0 Å². The average Bonchev–Trinajstić information content (AvgIpc) is 3.13. The van der Waals surface area contributed by atoms with E-state index in [2.05, 4.69) is 30.0 Å². The van der Waals surface area contributed by atoms with Gasteiger partial charge >= 0.3 is 0 Å². The zero-order valence-corrected chi connectivity index (χ0v) is 15.5. The number of nitrogens with one attached hydrogen (secondary N) is 3. The van der Waals surface area contributed by atoms with Crippen molar-refractivity contribution in [2.75, 3.05) is 0 Å². The summed E-state index contributed by atoms with van der Waals surface area (Å²) in [5, 5.41) is 4.29. The highest BCUT2D eigenvalue weighted by molar-refractivity contribution is 7.80. The minimum Gasteiger partial charge on any atom is -0.298 e. The Hall–Kier alpha value is -2.51. The van der Waals surface area contributed by atoms with Crippen LogP contribution in [0.5, 0.6) is 0 Å². The Kier molecular flexibility index (Phi) is 6.85. The zero-order chi connectivity index (χ0) is 18.2. The molecule has 25 heavy (non-hydrogen) atoms. The number of benzene rings is 1. The van der Waals surface area contributed by atoms with Gasteiger partial charge in [-0.2, -0.15) is 0 Å². The molecule has 0 unspecified atom stereocenters. The quantitative estimate of drug-likeness (QED) is 0.437. The molecule has 0 saturated heterocycles. The second-order valence-corrected chi connectivity index (χ2v) is 6.89. The highest BCUT2D eigenvalue weighted by atomic mass is 32.1. The number of thiophene rings is 1. The predicted molar refractivity (Wildman–Crippen MR) is 105 cm³/mol. The summed E-state index contributed by atoms with van der Waals surface area (Å²) in [5.74, 6) is -0.225. The van der Waals surface area contributed by atoms with Crippen LogP contribution in [0.1, 0.15) is 40.6 Å². The second kappa shape index (κ2) is 9.10. The van der Waals surface area contributed by atoms with E-state index in [9.17, 15) is 9.59 Å². The zero-order valence-electron chi connectivity index (χ0n) is 13.9. The number of hydrazine groups is 1. The third-order valence-electron chi connectivity index (χ3n) is 3.30. The van der Waals surface area contributed by atoms with E-state index in [4.69, 9.17) is 12.2 Å². The lowest BCUT2D eigenvalue weighted by Gasteiger charge is -2.08. The monoisotopic (exact) mass is 373 g/mol. The molecule has 0 atom stereocenters. The van der Waals surface area contributed by atoms with Gasteiger partial charge in [0.15, 0.2) is 5.11 Å². The van der Waals surface area contributed by atoms with E-state index in [0.29, 0.717) is 10.8 Å². The van der Waals surface area contributed by atoms with Crippen molar-refractivity contribution in [3.05, 3.63) is 63.9 Å². The van der Waals surface area contributed by atoms with E-state index in [1.165, 1.54) is 23.0 Å². The lowest BCUT2D eigenvalue weighted by atomic mass is 10.0. The summed E-state index contributed by atoms with van der Waals surface area (Å²) in [6, 6.07) is 11.5. The van der Waals surface area contributed by atoms with E-state index in [-0.39, 0.29) is 16.9 Å². The molecule has 2 amide bonds. The van der Waals surface area contributed by atoms with Crippen LogP contribution in [-0.4, -0.2) is 16.9 Å². The Morgan fingerprint density at radius 3 is 2.44 bits per heavy atom. The van der Waals surface area contributed by atoms with Gasteiger partial charge in [-0.15, -0.1) is 11.3 Å². The van der Waals surface area contributed by atoms with Crippen molar-refractivity contribution in [2.45, 2.75) is 19.8 Å². The summed E-state index contributed by atoms with van der Waals surface area (Å²) in [4.78, 5) is 24.1. The molecule has 0 aliphatic carbocycles. The minimum absolute atomic E-state index is 0.0229. The molecule has 1 aromatic heterocycles. The van der Waals surface area contributed by atoms with Crippen LogP contribution < -0.4 is 16.2 Å². The summed E-state index contributed by atoms with van der Waals surface area (Å²) in [6.45, 7) is 4.26. The Morgan fingerprint density at radius 1 is 1.12 bits per heavy atom. The SMILES string of the molecule is CC(C)c1ccc(C=CC(=O)NC(=S)NNC(=O)c2cccs2)cc1. The van der Waals surface area contributed by atoms with Gasteiger partial charge in [0.05, 0.1) is 4.88 Å². The number of thiocarbonyl (C=S) groups is 1. The van der Waals surface area contributed by atoms with Gasteiger partial charge in [0.25, 0.3) is 5.91 Å². The van der Waals surface area contributed by atoms with Gasteiger partial charge in [-0.1, -0.05) is 44.2 Å². The Morgan fingerprint density at radius 2 is 1.84 bits per heavy atom. The second-order valence-electron chi connectivity index (χ2n) is 5.53. The van der Waals surface area contributed by atoms with Crippen LogP contribution in [0, 0.1) is 0 Å². The topological polar surface area (TPSA) is 70.2 Å². The Balaban J connectivity index is 1.78. The maximum atomic E-state index is 11.8. The summed E-state index contributed by atoms with van der Waals surface area (Å²) >= 11 is 6.28. The first-order chi connectivity index (χ1) is 12.0. The number of carbonyl (C=O) groups excluding carboxylic acids is 2. The third kappa shape index (κ3) is 6.13. The van der Waals surface area contributed by atoms with Gasteiger partial charge in [0, 0.05) is 6.08 Å². The van der Waals surface area contributed by atoms with E-state index >= 15 is 0 Å². The first-order valence-corrected chi connectivity index (χ1v) is 8.97. The van der Waals surface area contributed by atoms with Crippen molar-refractivity contribution in [3.8, 4) is 0 Å². The molecule has 0 spiro atoms. The summed E-state index contributed by atoms with van der Waals surface area (Å²) in [6.07, 6.45) is 3.09. The van der Waals surface area contributed by atoms with Gasteiger partial charge in [0.1, 0.15) is 0 Å². The van der Waals surface area contributed by atoms with Gasteiger partial charge in [-0.25, -0.2) is 0 Å². The highest BCUT2D eigenvalue weighted by Crippen LogP contribution is 2.15. The van der Waals surface area contributed by atoms with Crippen molar-refractivity contribution in [3.63, 3.8) is 0 Å². The molecule has 3 N–H and O–H groups in total. The lowest BCUT2D eigenvalue weighted by Crippen LogP contribution is -2.48.